The number of alkyl halides is 3. The predicted octanol–water partition coefficient (Wildman–Crippen LogP) is 2.43. The van der Waals surface area contributed by atoms with Crippen LogP contribution in [0.25, 0.3) is 0 Å². The summed E-state index contributed by atoms with van der Waals surface area (Å²) in [6.07, 6.45) is -4.61. The highest BCUT2D eigenvalue weighted by atomic mass is 35.5. The number of benzene rings is 1. The van der Waals surface area contributed by atoms with E-state index in [-0.39, 0.29) is 11.3 Å². The SMILES string of the molecule is Nc1ccc(Cl)c(C(F)(F)F)c1CO. The summed E-state index contributed by atoms with van der Waals surface area (Å²) in [5.74, 6) is 0. The summed E-state index contributed by atoms with van der Waals surface area (Å²) in [7, 11) is 0. The molecular formula is C8H7ClF3NO. The number of nitrogens with two attached hydrogens (primary N) is 1. The van der Waals surface area contributed by atoms with Gasteiger partial charge in [0.1, 0.15) is 0 Å². The Bertz CT molecular complexity index is 351. The zero-order valence-electron chi connectivity index (χ0n) is 6.90. The van der Waals surface area contributed by atoms with Crippen LogP contribution in [0.4, 0.5) is 18.9 Å². The van der Waals surface area contributed by atoms with Gasteiger partial charge in [0.05, 0.1) is 17.2 Å². The molecule has 1 aromatic rings. The van der Waals surface area contributed by atoms with Crippen molar-refractivity contribution in [2.75, 3.05) is 5.73 Å². The van der Waals surface area contributed by atoms with Gasteiger partial charge in [-0.25, -0.2) is 0 Å². The Balaban J connectivity index is 3.46. The van der Waals surface area contributed by atoms with Gasteiger partial charge in [-0.1, -0.05) is 11.6 Å². The van der Waals surface area contributed by atoms with E-state index in [0.29, 0.717) is 0 Å². The fraction of sp³-hybridized carbons (Fsp3) is 0.250. The molecule has 0 saturated heterocycles. The van der Waals surface area contributed by atoms with Gasteiger partial charge in [-0.05, 0) is 12.1 Å². The molecule has 78 valence electrons. The van der Waals surface area contributed by atoms with Crippen molar-refractivity contribution < 1.29 is 18.3 Å². The Labute approximate surface area is 83.1 Å². The van der Waals surface area contributed by atoms with Gasteiger partial charge in [-0.3, -0.25) is 0 Å². The van der Waals surface area contributed by atoms with Gasteiger partial charge in [0.2, 0.25) is 0 Å². The van der Waals surface area contributed by atoms with Crippen molar-refractivity contribution in [1.29, 1.82) is 0 Å². The lowest BCUT2D eigenvalue weighted by Crippen LogP contribution is -2.12. The van der Waals surface area contributed by atoms with E-state index in [1.165, 1.54) is 6.07 Å². The first-order valence-corrected chi connectivity index (χ1v) is 4.00. The molecule has 6 heteroatoms. The van der Waals surface area contributed by atoms with E-state index in [4.69, 9.17) is 22.4 Å². The molecule has 0 unspecified atom stereocenters. The summed E-state index contributed by atoms with van der Waals surface area (Å²) < 4.78 is 37.3. The minimum Gasteiger partial charge on any atom is -0.398 e. The van der Waals surface area contributed by atoms with Crippen LogP contribution >= 0.6 is 11.6 Å². The second-order valence-corrected chi connectivity index (χ2v) is 3.05. The number of hydrogen-bond acceptors (Lipinski definition) is 2. The van der Waals surface area contributed by atoms with E-state index in [2.05, 4.69) is 0 Å². The van der Waals surface area contributed by atoms with E-state index in [1.54, 1.807) is 0 Å². The summed E-state index contributed by atoms with van der Waals surface area (Å²) in [5, 5.41) is 8.29. The molecule has 0 atom stereocenters. The lowest BCUT2D eigenvalue weighted by atomic mass is 10.1. The molecule has 2 nitrogen and oxygen atoms in total. The molecule has 0 amide bonds. The lowest BCUT2D eigenvalue weighted by Gasteiger charge is -2.14. The highest BCUT2D eigenvalue weighted by Gasteiger charge is 2.36. The van der Waals surface area contributed by atoms with Gasteiger partial charge < -0.3 is 10.8 Å². The van der Waals surface area contributed by atoms with Crippen LogP contribution in [0.5, 0.6) is 0 Å². The maximum Gasteiger partial charge on any atom is 0.418 e. The Morgan fingerprint density at radius 1 is 1.36 bits per heavy atom. The van der Waals surface area contributed by atoms with Crippen LogP contribution in [-0.2, 0) is 12.8 Å². The number of aliphatic hydroxyl groups excluding tert-OH is 1. The topological polar surface area (TPSA) is 46.2 Å². The minimum absolute atomic E-state index is 0.121. The monoisotopic (exact) mass is 225 g/mol. The molecule has 1 aromatic carbocycles. The summed E-state index contributed by atoms with van der Waals surface area (Å²) in [4.78, 5) is 0. The lowest BCUT2D eigenvalue weighted by molar-refractivity contribution is -0.138. The molecule has 3 N–H and O–H groups in total. The Kier molecular flexibility index (Phi) is 2.92. The largest absolute Gasteiger partial charge is 0.418 e. The zero-order valence-corrected chi connectivity index (χ0v) is 7.65. The second kappa shape index (κ2) is 3.67. The number of nitrogen functional groups attached to an aromatic ring is 1. The van der Waals surface area contributed by atoms with E-state index in [1.807, 2.05) is 0 Å². The van der Waals surface area contributed by atoms with Gasteiger partial charge in [0.15, 0.2) is 0 Å². The standard InChI is InChI=1S/C8H7ClF3NO/c9-5-1-2-6(13)4(3-14)7(5)8(10,11)12/h1-2,14H,3,13H2. The van der Waals surface area contributed by atoms with Crippen LogP contribution in [0.2, 0.25) is 5.02 Å². The summed E-state index contributed by atoms with van der Waals surface area (Å²) >= 11 is 5.38. The highest BCUT2D eigenvalue weighted by molar-refractivity contribution is 6.31. The third-order valence-electron chi connectivity index (χ3n) is 1.74. The fourth-order valence-electron chi connectivity index (χ4n) is 1.11. The van der Waals surface area contributed by atoms with Crippen molar-refractivity contribution in [2.45, 2.75) is 12.8 Å². The second-order valence-electron chi connectivity index (χ2n) is 2.65. The molecule has 0 spiro atoms. The Morgan fingerprint density at radius 2 is 1.93 bits per heavy atom. The van der Waals surface area contributed by atoms with Gasteiger partial charge in [-0.2, -0.15) is 13.2 Å². The van der Waals surface area contributed by atoms with Gasteiger partial charge in [0.25, 0.3) is 0 Å². The van der Waals surface area contributed by atoms with Crippen molar-refractivity contribution in [1.82, 2.24) is 0 Å². The first-order valence-electron chi connectivity index (χ1n) is 3.63. The molecule has 0 aliphatic carbocycles. The van der Waals surface area contributed by atoms with Crippen molar-refractivity contribution >= 4 is 17.3 Å². The van der Waals surface area contributed by atoms with Crippen LogP contribution in [-0.4, -0.2) is 5.11 Å². The molecule has 14 heavy (non-hydrogen) atoms. The van der Waals surface area contributed by atoms with Gasteiger partial charge >= 0.3 is 6.18 Å². The molecule has 0 radical (unpaired) electrons. The molecule has 0 bridgehead atoms. The van der Waals surface area contributed by atoms with Crippen LogP contribution in [0.3, 0.4) is 0 Å². The highest BCUT2D eigenvalue weighted by Crippen LogP contribution is 2.39. The Morgan fingerprint density at radius 3 is 2.29 bits per heavy atom. The van der Waals surface area contributed by atoms with E-state index in [9.17, 15) is 13.2 Å². The molecule has 1 rings (SSSR count). The van der Waals surface area contributed by atoms with E-state index >= 15 is 0 Å². The molecular weight excluding hydrogens is 219 g/mol. The Hall–Kier alpha value is -0.940. The predicted molar refractivity (Wildman–Crippen MR) is 46.8 cm³/mol. The fourth-order valence-corrected chi connectivity index (χ4v) is 1.40. The molecule has 0 aromatic heterocycles. The number of aliphatic hydroxyl groups is 1. The van der Waals surface area contributed by atoms with Gasteiger partial charge in [0, 0.05) is 11.3 Å². The first-order chi connectivity index (χ1) is 6.38. The summed E-state index contributed by atoms with van der Waals surface area (Å²) in [6, 6.07) is 2.28. The van der Waals surface area contributed by atoms with Crippen LogP contribution in [0.1, 0.15) is 11.1 Å². The summed E-state index contributed by atoms with van der Waals surface area (Å²) in [5.41, 5.74) is 3.71. The number of halogens is 4. The molecule has 0 aliphatic rings. The average Bonchev–Trinajstić information content (AvgIpc) is 2.06. The molecule has 0 saturated carbocycles. The molecule has 0 fully saturated rings. The smallest absolute Gasteiger partial charge is 0.398 e. The molecule has 0 aliphatic heterocycles. The maximum atomic E-state index is 12.4. The van der Waals surface area contributed by atoms with Crippen molar-refractivity contribution in [2.24, 2.45) is 0 Å². The van der Waals surface area contributed by atoms with Crippen molar-refractivity contribution in [3.05, 3.63) is 28.3 Å². The number of hydrogen-bond donors (Lipinski definition) is 2. The quantitative estimate of drug-likeness (QED) is 0.721. The van der Waals surface area contributed by atoms with E-state index in [0.717, 1.165) is 6.07 Å². The number of anilines is 1. The third kappa shape index (κ3) is 1.93. The minimum atomic E-state index is -4.61. The van der Waals surface area contributed by atoms with Crippen molar-refractivity contribution in [3.63, 3.8) is 0 Å². The molecule has 0 heterocycles. The zero-order chi connectivity index (χ0) is 10.9. The van der Waals surface area contributed by atoms with Crippen molar-refractivity contribution in [3.8, 4) is 0 Å². The first kappa shape index (κ1) is 11.1. The maximum absolute atomic E-state index is 12.4. The average molecular weight is 226 g/mol. The van der Waals surface area contributed by atoms with Crippen LogP contribution in [0.15, 0.2) is 12.1 Å². The van der Waals surface area contributed by atoms with Crippen LogP contribution < -0.4 is 5.73 Å². The normalized spacial score (nSPS) is 11.8. The summed E-state index contributed by atoms with van der Waals surface area (Å²) in [6.45, 7) is -0.790. The van der Waals surface area contributed by atoms with Gasteiger partial charge in [-0.15, -0.1) is 0 Å². The van der Waals surface area contributed by atoms with E-state index < -0.39 is 23.4 Å². The van der Waals surface area contributed by atoms with Crippen LogP contribution in [0, 0.1) is 0 Å². The number of rotatable bonds is 1. The third-order valence-corrected chi connectivity index (χ3v) is 2.05.